The molecule has 1 unspecified atom stereocenters. The van der Waals surface area contributed by atoms with Gasteiger partial charge in [0.05, 0.1) is 71.9 Å². The van der Waals surface area contributed by atoms with E-state index < -0.39 is 35.4 Å². The van der Waals surface area contributed by atoms with Crippen LogP contribution in [0.2, 0.25) is 0 Å². The molecule has 0 bridgehead atoms. The van der Waals surface area contributed by atoms with Crippen LogP contribution in [0.1, 0.15) is 77.8 Å². The molecule has 0 radical (unpaired) electrons. The molecule has 86 heavy (non-hydrogen) atoms. The average molecular weight is 1150 g/mol. The number of Topliss-reactive ketones (excluding diaryl/α,β-unsaturated/α-hetero) is 3. The molecule has 19 nitrogen and oxygen atoms in total. The van der Waals surface area contributed by atoms with Crippen LogP contribution in [0.15, 0.2) is 188 Å². The van der Waals surface area contributed by atoms with E-state index in [4.69, 9.17) is 24.7 Å². The predicted octanol–water partition coefficient (Wildman–Crippen LogP) is 13.3. The summed E-state index contributed by atoms with van der Waals surface area (Å²) in [7, 11) is 4.71. The zero-order valence-corrected chi connectivity index (χ0v) is 44.9. The van der Waals surface area contributed by atoms with Gasteiger partial charge in [0.15, 0.2) is 28.9 Å². The number of rotatable bonds is 11. The summed E-state index contributed by atoms with van der Waals surface area (Å²) in [6, 6.07) is 53.7. The van der Waals surface area contributed by atoms with E-state index in [1.807, 2.05) is 84.9 Å². The van der Waals surface area contributed by atoms with Crippen molar-refractivity contribution in [1.29, 1.82) is 0 Å². The van der Waals surface area contributed by atoms with Crippen molar-refractivity contribution in [2.75, 3.05) is 43.0 Å². The Balaban J connectivity index is 0.000000155. The summed E-state index contributed by atoms with van der Waals surface area (Å²) >= 11 is 0. The number of aromatic amines is 2. The highest BCUT2D eigenvalue weighted by Crippen LogP contribution is 2.45. The molecule has 3 amide bonds. The third kappa shape index (κ3) is 11.3. The van der Waals surface area contributed by atoms with E-state index in [0.717, 1.165) is 16.9 Å². The zero-order valence-electron chi connectivity index (χ0n) is 44.9. The summed E-state index contributed by atoms with van der Waals surface area (Å²) in [5.74, 6) is -0.826. The van der Waals surface area contributed by atoms with Crippen molar-refractivity contribution in [1.82, 2.24) is 20.4 Å². The third-order valence-corrected chi connectivity index (χ3v) is 14.1. The number of hydrogen-bond donors (Lipinski definition) is 6. The van der Waals surface area contributed by atoms with Crippen LogP contribution in [0.3, 0.4) is 0 Å². The molecule has 3 aliphatic carbocycles. The molecule has 0 aliphatic heterocycles. The van der Waals surface area contributed by atoms with Gasteiger partial charge >= 0.3 is 12.1 Å². The summed E-state index contributed by atoms with van der Waals surface area (Å²) < 4.78 is 20.7. The molecular weight excluding hydrogens is 1090 g/mol. The van der Waals surface area contributed by atoms with E-state index in [1.54, 1.807) is 99.1 Å². The maximum Gasteiger partial charge on any atom is 0.417 e. The second-order valence-electron chi connectivity index (χ2n) is 19.0. The number of hydrogen-bond acceptors (Lipinski definition) is 14. The molecule has 0 fully saturated rings. The molecule has 19 heteroatoms. The summed E-state index contributed by atoms with van der Waals surface area (Å²) in [6.45, 7) is 0. The van der Waals surface area contributed by atoms with Crippen LogP contribution in [-0.2, 0) is 0 Å². The highest BCUT2D eigenvalue weighted by Gasteiger charge is 2.45. The largest absolute Gasteiger partial charge is 0.497 e. The molecule has 13 rings (SSSR count). The Bertz CT molecular complexity index is 4030. The number of amides is 3. The van der Waals surface area contributed by atoms with E-state index in [-0.39, 0.29) is 43.2 Å². The van der Waals surface area contributed by atoms with Gasteiger partial charge in [0.25, 0.3) is 0 Å². The third-order valence-electron chi connectivity index (χ3n) is 14.1. The number of benzene rings is 8. The van der Waals surface area contributed by atoms with Gasteiger partial charge in [0.1, 0.15) is 40.3 Å². The number of carbonyl (C=O) groups excluding carboxylic acids is 7. The maximum atomic E-state index is 13.4. The van der Waals surface area contributed by atoms with Crippen molar-refractivity contribution in [3.8, 4) is 68.0 Å². The first-order valence-electron chi connectivity index (χ1n) is 26.0. The normalized spacial score (nSPS) is 12.6. The van der Waals surface area contributed by atoms with Gasteiger partial charge in [-0.2, -0.15) is 10.2 Å². The SMILES string of the molecule is C.C.COc1ccc(-c2n[nH]c3c2C(=O)c2c(NC(=O)Nc4ccccc4)cccc2-3)cc1.COc1ccc(-c2n[nH]c3c2C(=O)c2c(NC(=O)Oc4ccccc4)cccc2-3)cc1.COc1ccc(C(=O)C2C(=O)c3cccc(N)c3C2=O)cc1. The number of nitrogen functional groups attached to an aromatic ring is 1. The Hall–Kier alpha value is -11.7. The maximum absolute atomic E-state index is 13.4. The Labute approximate surface area is 493 Å². The van der Waals surface area contributed by atoms with E-state index in [9.17, 15) is 33.6 Å². The second kappa shape index (κ2) is 25.2. The topological polar surface area (TPSA) is 276 Å². The first-order valence-corrected chi connectivity index (χ1v) is 26.0. The van der Waals surface area contributed by atoms with Crippen molar-refractivity contribution >= 4 is 63.8 Å². The van der Waals surface area contributed by atoms with Gasteiger partial charge < -0.3 is 35.3 Å². The van der Waals surface area contributed by atoms with Crippen molar-refractivity contribution in [2.45, 2.75) is 14.9 Å². The quantitative estimate of drug-likeness (QED) is 0.0399. The van der Waals surface area contributed by atoms with E-state index in [2.05, 4.69) is 36.3 Å². The fraction of sp³-hybridized carbons (Fsp3) is 0.0896. The monoisotopic (exact) mass is 1150 g/mol. The number of nitrogens with one attached hydrogen (secondary N) is 5. The Morgan fingerprint density at radius 1 is 0.453 bits per heavy atom. The van der Waals surface area contributed by atoms with Crippen LogP contribution >= 0.6 is 0 Å². The summed E-state index contributed by atoms with van der Waals surface area (Å²) in [4.78, 5) is 88.9. The lowest BCUT2D eigenvalue weighted by Crippen LogP contribution is -2.25. The van der Waals surface area contributed by atoms with Crippen LogP contribution < -0.4 is 40.6 Å². The number of ketones is 5. The first kappa shape index (κ1) is 58.9. The Morgan fingerprint density at radius 3 is 1.40 bits per heavy atom. The van der Waals surface area contributed by atoms with Crippen LogP contribution in [0.25, 0.3) is 45.0 Å². The van der Waals surface area contributed by atoms with Gasteiger partial charge in [-0.3, -0.25) is 39.5 Å². The number of nitrogens with two attached hydrogens (primary N) is 1. The summed E-state index contributed by atoms with van der Waals surface area (Å²) in [5.41, 5.74) is 15.4. The fourth-order valence-electron chi connectivity index (χ4n) is 10.1. The molecule has 8 aromatic carbocycles. The lowest BCUT2D eigenvalue weighted by molar-refractivity contribution is 0.0755. The van der Waals surface area contributed by atoms with Crippen molar-refractivity contribution in [2.24, 2.45) is 5.92 Å². The molecule has 2 heterocycles. The fourth-order valence-corrected chi connectivity index (χ4v) is 10.1. The van der Waals surface area contributed by atoms with Gasteiger partial charge in [-0.1, -0.05) is 87.6 Å². The number of nitrogens with zero attached hydrogens (tertiary/aromatic N) is 2. The Morgan fingerprint density at radius 2 is 0.907 bits per heavy atom. The van der Waals surface area contributed by atoms with Gasteiger partial charge in [-0.25, -0.2) is 9.59 Å². The molecule has 430 valence electrons. The average Bonchev–Trinajstić information content (AvgIpc) is 1.74. The molecule has 1 atom stereocenters. The number of ether oxygens (including phenoxy) is 4. The van der Waals surface area contributed by atoms with E-state index in [1.165, 1.54) is 25.3 Å². The molecular formula is C67H56N8O11. The minimum absolute atomic E-state index is 0. The van der Waals surface area contributed by atoms with E-state index in [0.29, 0.717) is 96.0 Å². The van der Waals surface area contributed by atoms with Gasteiger partial charge in [0.2, 0.25) is 0 Å². The molecule has 0 saturated carbocycles. The zero-order chi connectivity index (χ0) is 58.6. The first-order chi connectivity index (χ1) is 40.8. The summed E-state index contributed by atoms with van der Waals surface area (Å²) in [6.07, 6.45) is -0.670. The lowest BCUT2D eigenvalue weighted by Gasteiger charge is -2.11. The smallest absolute Gasteiger partial charge is 0.417 e. The molecule has 0 spiro atoms. The highest BCUT2D eigenvalue weighted by atomic mass is 16.6. The second-order valence-corrected chi connectivity index (χ2v) is 19.0. The molecule has 0 saturated heterocycles. The number of para-hydroxylation sites is 2. The predicted molar refractivity (Wildman–Crippen MR) is 328 cm³/mol. The lowest BCUT2D eigenvalue weighted by atomic mass is 9.93. The number of carbonyl (C=O) groups is 7. The number of methoxy groups -OCH3 is 3. The Kier molecular flexibility index (Phi) is 17.3. The molecule has 7 N–H and O–H groups in total. The van der Waals surface area contributed by atoms with Gasteiger partial charge in [-0.15, -0.1) is 0 Å². The van der Waals surface area contributed by atoms with Crippen LogP contribution in [-0.4, -0.2) is 82.8 Å². The molecule has 2 aromatic heterocycles. The van der Waals surface area contributed by atoms with Crippen LogP contribution in [0, 0.1) is 5.92 Å². The van der Waals surface area contributed by atoms with Gasteiger partial charge in [-0.05, 0) is 115 Å². The number of H-pyrrole nitrogens is 2. The van der Waals surface area contributed by atoms with Gasteiger partial charge in [0, 0.05) is 44.8 Å². The van der Waals surface area contributed by atoms with Crippen molar-refractivity contribution in [3.63, 3.8) is 0 Å². The van der Waals surface area contributed by atoms with Crippen molar-refractivity contribution in [3.05, 3.63) is 227 Å². The highest BCUT2D eigenvalue weighted by molar-refractivity contribution is 6.39. The van der Waals surface area contributed by atoms with Crippen LogP contribution in [0.4, 0.5) is 32.3 Å². The number of urea groups is 1. The van der Waals surface area contributed by atoms with Crippen molar-refractivity contribution < 1.29 is 52.5 Å². The standard InChI is InChI=1S/C24H18N4O3.C24H17N3O4.C17H13NO4.2CH4/c1-31-16-12-10-14(11-13-16)21-20-22(28-27-21)17-8-5-9-18(19(17)23(20)29)26-24(30)25-15-6-3-2-4-7-15;1-30-15-12-10-14(11-13-15)21-20-22(27-26-21)17-8-5-9-18(19(17)23(20)28)25-24(29)31-16-6-3-2-4-7-16;1-22-10-7-5-9(6-8-10)15(19)14-16(20)11-3-2-4-12(18)13(11)17(14)21;;/h2-13H,1H3,(H,27,28)(H2,25,26,30);2-13H,1H3,(H,25,29)(H,26,27);2-8,14H,18H2,1H3;2*1H4. The molecule has 10 aromatic rings. The minimum atomic E-state index is -1.34. The molecule has 3 aliphatic rings. The number of anilines is 4. The van der Waals surface area contributed by atoms with Crippen LogP contribution in [0.5, 0.6) is 23.0 Å². The number of fused-ring (bicyclic) bond motifs is 7. The van der Waals surface area contributed by atoms with E-state index >= 15 is 0 Å². The minimum Gasteiger partial charge on any atom is -0.497 e. The summed E-state index contributed by atoms with van der Waals surface area (Å²) in [5, 5.41) is 22.9. The number of aromatic nitrogens is 4.